The molecule has 6 nitrogen and oxygen atoms in total. The number of nitro groups is 1. The molecule has 94 valence electrons. The van der Waals surface area contributed by atoms with Gasteiger partial charge < -0.3 is 14.2 Å². The molecule has 0 radical (unpaired) electrons. The van der Waals surface area contributed by atoms with Crippen LogP contribution in [0.15, 0.2) is 18.2 Å². The first-order chi connectivity index (χ1) is 8.08. The van der Waals surface area contributed by atoms with Crippen molar-refractivity contribution < 1.29 is 19.1 Å². The van der Waals surface area contributed by atoms with Crippen molar-refractivity contribution in [2.24, 2.45) is 0 Å². The largest absolute Gasteiger partial charge is 0.487 e. The van der Waals surface area contributed by atoms with Gasteiger partial charge in [0, 0.05) is 26.4 Å². The predicted octanol–water partition coefficient (Wildman–Crippen LogP) is 2.25. The van der Waals surface area contributed by atoms with E-state index in [-0.39, 0.29) is 17.3 Å². The third kappa shape index (κ3) is 3.85. The summed E-state index contributed by atoms with van der Waals surface area (Å²) in [4.78, 5) is 9.96. The number of nitrogens with zero attached hydrogens (tertiary/aromatic N) is 1. The van der Waals surface area contributed by atoms with Gasteiger partial charge in [-0.15, -0.1) is 0 Å². The summed E-state index contributed by atoms with van der Waals surface area (Å²) in [6, 6.07) is 3.98. The molecule has 0 atom stereocenters. The highest BCUT2D eigenvalue weighted by atomic mass is 35.5. The Balaban J connectivity index is 2.69. The van der Waals surface area contributed by atoms with Gasteiger partial charge in [0.15, 0.2) is 6.29 Å². The van der Waals surface area contributed by atoms with Crippen LogP contribution >= 0.6 is 11.6 Å². The van der Waals surface area contributed by atoms with E-state index in [0.717, 1.165) is 0 Å². The lowest BCUT2D eigenvalue weighted by Crippen LogP contribution is -2.22. The number of halogens is 1. The average Bonchev–Trinajstić information content (AvgIpc) is 2.31. The van der Waals surface area contributed by atoms with Crippen LogP contribution in [0.5, 0.6) is 5.75 Å². The molecule has 0 saturated heterocycles. The molecular weight excluding hydrogens is 250 g/mol. The van der Waals surface area contributed by atoms with E-state index in [2.05, 4.69) is 0 Å². The van der Waals surface area contributed by atoms with Crippen LogP contribution in [0.4, 0.5) is 5.69 Å². The fraction of sp³-hybridized carbons (Fsp3) is 0.400. The van der Waals surface area contributed by atoms with Gasteiger partial charge in [-0.3, -0.25) is 10.1 Å². The van der Waals surface area contributed by atoms with Crippen molar-refractivity contribution in [3.8, 4) is 5.75 Å². The van der Waals surface area contributed by atoms with Gasteiger partial charge in [0.1, 0.15) is 12.4 Å². The number of non-ortho nitro benzene ring substituents is 1. The molecule has 0 aliphatic rings. The summed E-state index contributed by atoms with van der Waals surface area (Å²) in [7, 11) is 2.96. The fourth-order valence-electron chi connectivity index (χ4n) is 1.11. The third-order valence-electron chi connectivity index (χ3n) is 2.03. The number of hydrogen-bond acceptors (Lipinski definition) is 5. The minimum atomic E-state index is -0.525. The van der Waals surface area contributed by atoms with Gasteiger partial charge in [-0.2, -0.15) is 0 Å². The lowest BCUT2D eigenvalue weighted by atomic mass is 10.3. The third-order valence-corrected chi connectivity index (χ3v) is 2.32. The first-order valence-electron chi connectivity index (χ1n) is 4.70. The number of hydrogen-bond donors (Lipinski definition) is 0. The Hall–Kier alpha value is -1.37. The molecule has 0 heterocycles. The zero-order valence-corrected chi connectivity index (χ0v) is 10.1. The van der Waals surface area contributed by atoms with Crippen LogP contribution in [0.1, 0.15) is 0 Å². The Morgan fingerprint density at radius 2 is 2.06 bits per heavy atom. The molecule has 0 spiro atoms. The van der Waals surface area contributed by atoms with E-state index in [4.69, 9.17) is 25.8 Å². The molecule has 0 unspecified atom stereocenters. The molecule has 17 heavy (non-hydrogen) atoms. The molecule has 7 heteroatoms. The fourth-order valence-corrected chi connectivity index (χ4v) is 1.34. The van der Waals surface area contributed by atoms with Crippen LogP contribution in [0.3, 0.4) is 0 Å². The predicted molar refractivity (Wildman–Crippen MR) is 61.4 cm³/mol. The van der Waals surface area contributed by atoms with Gasteiger partial charge in [-0.05, 0) is 6.07 Å². The Bertz CT molecular complexity index is 394. The highest BCUT2D eigenvalue weighted by Gasteiger charge is 2.12. The van der Waals surface area contributed by atoms with Gasteiger partial charge in [0.25, 0.3) is 5.69 Å². The number of nitro benzene ring substituents is 1. The van der Waals surface area contributed by atoms with E-state index in [1.165, 1.54) is 32.4 Å². The van der Waals surface area contributed by atoms with Crippen molar-refractivity contribution in [2.75, 3.05) is 20.8 Å². The highest BCUT2D eigenvalue weighted by molar-refractivity contribution is 6.32. The Labute approximate surface area is 103 Å². The van der Waals surface area contributed by atoms with Crippen LogP contribution in [-0.2, 0) is 9.47 Å². The van der Waals surface area contributed by atoms with Crippen molar-refractivity contribution in [1.29, 1.82) is 0 Å². The molecular formula is C10H12ClNO5. The van der Waals surface area contributed by atoms with E-state index in [1.54, 1.807) is 0 Å². The minimum absolute atomic E-state index is 0.0858. The Morgan fingerprint density at radius 3 is 2.53 bits per heavy atom. The van der Waals surface area contributed by atoms with E-state index < -0.39 is 11.2 Å². The summed E-state index contributed by atoms with van der Waals surface area (Å²) in [6.07, 6.45) is -0.513. The lowest BCUT2D eigenvalue weighted by molar-refractivity contribution is -0.384. The summed E-state index contributed by atoms with van der Waals surface area (Å²) in [5.41, 5.74) is -0.0858. The topological polar surface area (TPSA) is 70.8 Å². The summed E-state index contributed by atoms with van der Waals surface area (Å²) in [5.74, 6) is 0.344. The molecule has 1 rings (SSSR count). The second-order valence-electron chi connectivity index (χ2n) is 3.08. The minimum Gasteiger partial charge on any atom is -0.487 e. The molecule has 0 saturated carbocycles. The molecule has 0 aromatic heterocycles. The molecule has 1 aromatic carbocycles. The number of ether oxygens (including phenoxy) is 3. The van der Waals surface area contributed by atoms with Crippen molar-refractivity contribution >= 4 is 17.3 Å². The Kier molecular flexibility index (Phi) is 5.14. The maximum Gasteiger partial charge on any atom is 0.271 e. The van der Waals surface area contributed by atoms with Crippen molar-refractivity contribution in [3.63, 3.8) is 0 Å². The van der Waals surface area contributed by atoms with E-state index in [0.29, 0.717) is 5.75 Å². The zero-order chi connectivity index (χ0) is 12.8. The molecule has 1 aromatic rings. The Morgan fingerprint density at radius 1 is 1.41 bits per heavy atom. The standard InChI is InChI=1S/C10H12ClNO5/c1-15-10(16-2)6-17-9-4-3-7(12(13)14)5-8(9)11/h3-5,10H,6H2,1-2H3. The van der Waals surface area contributed by atoms with Crippen LogP contribution in [0, 0.1) is 10.1 Å². The molecule has 0 bridgehead atoms. The van der Waals surface area contributed by atoms with Crippen molar-refractivity contribution in [2.45, 2.75) is 6.29 Å². The van der Waals surface area contributed by atoms with Gasteiger partial charge in [-0.1, -0.05) is 11.6 Å². The van der Waals surface area contributed by atoms with Crippen molar-refractivity contribution in [3.05, 3.63) is 33.3 Å². The number of rotatable bonds is 6. The molecule has 0 aliphatic carbocycles. The summed E-state index contributed by atoms with van der Waals surface area (Å²) < 4.78 is 15.2. The van der Waals surface area contributed by atoms with Crippen LogP contribution < -0.4 is 4.74 Å². The number of benzene rings is 1. The quantitative estimate of drug-likeness (QED) is 0.446. The highest BCUT2D eigenvalue weighted by Crippen LogP contribution is 2.28. The SMILES string of the molecule is COC(COc1ccc([N+](=O)[O-])cc1Cl)OC. The van der Waals surface area contributed by atoms with Crippen LogP contribution in [0.25, 0.3) is 0 Å². The van der Waals surface area contributed by atoms with Crippen LogP contribution in [-0.4, -0.2) is 32.0 Å². The number of methoxy groups -OCH3 is 2. The molecule has 0 N–H and O–H groups in total. The summed E-state index contributed by atoms with van der Waals surface area (Å²) in [5, 5.41) is 10.7. The van der Waals surface area contributed by atoms with Crippen molar-refractivity contribution in [1.82, 2.24) is 0 Å². The second kappa shape index (κ2) is 6.39. The smallest absolute Gasteiger partial charge is 0.271 e. The molecule has 0 aliphatic heterocycles. The van der Waals surface area contributed by atoms with Gasteiger partial charge in [-0.25, -0.2) is 0 Å². The van der Waals surface area contributed by atoms with Gasteiger partial charge in [0.2, 0.25) is 0 Å². The van der Waals surface area contributed by atoms with Gasteiger partial charge >= 0.3 is 0 Å². The second-order valence-corrected chi connectivity index (χ2v) is 3.49. The van der Waals surface area contributed by atoms with E-state index in [1.807, 2.05) is 0 Å². The monoisotopic (exact) mass is 261 g/mol. The normalized spacial score (nSPS) is 10.6. The molecule has 0 fully saturated rings. The molecule has 0 amide bonds. The maximum absolute atomic E-state index is 10.5. The van der Waals surface area contributed by atoms with E-state index >= 15 is 0 Å². The van der Waals surface area contributed by atoms with Crippen LogP contribution in [0.2, 0.25) is 5.02 Å². The van der Waals surface area contributed by atoms with E-state index in [9.17, 15) is 10.1 Å². The summed E-state index contributed by atoms with van der Waals surface area (Å²) in [6.45, 7) is 0.143. The zero-order valence-electron chi connectivity index (χ0n) is 9.38. The first-order valence-corrected chi connectivity index (χ1v) is 5.08. The first kappa shape index (κ1) is 13.7. The lowest BCUT2D eigenvalue weighted by Gasteiger charge is -2.14. The summed E-state index contributed by atoms with van der Waals surface area (Å²) >= 11 is 5.83. The average molecular weight is 262 g/mol. The van der Waals surface area contributed by atoms with Gasteiger partial charge in [0.05, 0.1) is 9.95 Å². The maximum atomic E-state index is 10.5.